The van der Waals surface area contributed by atoms with E-state index >= 15 is 0 Å². The van der Waals surface area contributed by atoms with Crippen molar-refractivity contribution < 1.29 is 8.81 Å². The van der Waals surface area contributed by atoms with Gasteiger partial charge in [0.25, 0.3) is 0 Å². The number of nitrogens with one attached hydrogen (secondary N) is 1. The highest BCUT2D eigenvalue weighted by atomic mass is 19.1. The Kier molecular flexibility index (Phi) is 4.19. The van der Waals surface area contributed by atoms with Crippen molar-refractivity contribution in [1.29, 1.82) is 0 Å². The molecule has 2 aromatic heterocycles. The molecule has 1 N–H and O–H groups in total. The van der Waals surface area contributed by atoms with Crippen LogP contribution < -0.4 is 5.32 Å². The summed E-state index contributed by atoms with van der Waals surface area (Å²) in [6.07, 6.45) is 3.85. The maximum absolute atomic E-state index is 13.7. The highest BCUT2D eigenvalue weighted by Gasteiger charge is 2.35. The molecule has 0 amide bonds. The zero-order valence-corrected chi connectivity index (χ0v) is 15.4. The molecule has 0 fully saturated rings. The average molecular weight is 353 g/mol. The lowest BCUT2D eigenvalue weighted by Gasteiger charge is -2.36. The summed E-state index contributed by atoms with van der Waals surface area (Å²) in [4.78, 5) is 0. The van der Waals surface area contributed by atoms with Gasteiger partial charge in [-0.05, 0) is 55.5 Å². The van der Waals surface area contributed by atoms with Crippen LogP contribution >= 0.6 is 0 Å². The zero-order chi connectivity index (χ0) is 18.3. The maximum Gasteiger partial charge on any atom is 0.125 e. The fraction of sp³-hybridized carbons (Fsp3) is 0.381. The predicted molar refractivity (Wildman–Crippen MR) is 98.6 cm³/mol. The minimum Gasteiger partial charge on any atom is -0.465 e. The summed E-state index contributed by atoms with van der Waals surface area (Å²) >= 11 is 0. The van der Waals surface area contributed by atoms with E-state index in [-0.39, 0.29) is 17.3 Å². The van der Waals surface area contributed by atoms with Gasteiger partial charge in [0.2, 0.25) is 0 Å². The smallest absolute Gasteiger partial charge is 0.125 e. The van der Waals surface area contributed by atoms with Gasteiger partial charge in [-0.3, -0.25) is 0 Å². The summed E-state index contributed by atoms with van der Waals surface area (Å²) in [5.74, 6) is 1.61. The van der Waals surface area contributed by atoms with Crippen LogP contribution in [0.1, 0.15) is 49.1 Å². The van der Waals surface area contributed by atoms with Crippen LogP contribution in [0.25, 0.3) is 5.69 Å². The molecule has 0 bridgehead atoms. The molecule has 2 heterocycles. The Morgan fingerprint density at radius 3 is 2.88 bits per heavy atom. The zero-order valence-electron chi connectivity index (χ0n) is 15.4. The highest BCUT2D eigenvalue weighted by molar-refractivity contribution is 5.38. The summed E-state index contributed by atoms with van der Waals surface area (Å²) in [6.45, 7) is 7.17. The van der Waals surface area contributed by atoms with Crippen molar-refractivity contribution in [2.75, 3.05) is 0 Å². The molecular formula is C21H24FN3O. The summed E-state index contributed by atoms with van der Waals surface area (Å²) in [6, 6.07) is 10.8. The first-order valence-corrected chi connectivity index (χ1v) is 9.03. The lowest BCUT2D eigenvalue weighted by atomic mass is 9.74. The molecule has 0 saturated heterocycles. The first-order chi connectivity index (χ1) is 12.4. The largest absolute Gasteiger partial charge is 0.465 e. The van der Waals surface area contributed by atoms with Crippen molar-refractivity contribution in [2.45, 2.75) is 46.2 Å². The van der Waals surface area contributed by atoms with E-state index in [1.54, 1.807) is 6.07 Å². The number of hydrogen-bond acceptors (Lipinski definition) is 3. The fourth-order valence-corrected chi connectivity index (χ4v) is 3.86. The molecule has 5 heteroatoms. The minimum absolute atomic E-state index is 0.134. The number of benzene rings is 1. The van der Waals surface area contributed by atoms with Gasteiger partial charge in [0.15, 0.2) is 0 Å². The summed E-state index contributed by atoms with van der Waals surface area (Å²) < 4.78 is 21.2. The van der Waals surface area contributed by atoms with Crippen molar-refractivity contribution in [2.24, 2.45) is 5.41 Å². The van der Waals surface area contributed by atoms with Gasteiger partial charge >= 0.3 is 0 Å². The van der Waals surface area contributed by atoms with Gasteiger partial charge in [-0.15, -0.1) is 0 Å². The SMILES string of the molecule is Cc1ccc(CN[C@H]2CC(C)(C)Cc3c2cnn3-c2cccc(F)c2)o1. The Morgan fingerprint density at radius 1 is 1.31 bits per heavy atom. The topological polar surface area (TPSA) is 43.0 Å². The lowest BCUT2D eigenvalue weighted by molar-refractivity contribution is 0.249. The van der Waals surface area contributed by atoms with E-state index < -0.39 is 0 Å². The van der Waals surface area contributed by atoms with Crippen LogP contribution in [0.4, 0.5) is 4.39 Å². The molecule has 0 aliphatic heterocycles. The summed E-state index contributed by atoms with van der Waals surface area (Å²) in [5, 5.41) is 8.19. The normalized spacial score (nSPS) is 18.7. The molecule has 26 heavy (non-hydrogen) atoms. The molecule has 0 radical (unpaired) electrons. The molecule has 136 valence electrons. The Bertz CT molecular complexity index is 925. The molecule has 1 aromatic carbocycles. The van der Waals surface area contributed by atoms with Gasteiger partial charge in [0, 0.05) is 17.3 Å². The van der Waals surface area contributed by atoms with Crippen LogP contribution in [0.2, 0.25) is 0 Å². The van der Waals surface area contributed by atoms with Gasteiger partial charge in [-0.1, -0.05) is 19.9 Å². The van der Waals surface area contributed by atoms with Gasteiger partial charge < -0.3 is 9.73 Å². The van der Waals surface area contributed by atoms with E-state index in [9.17, 15) is 4.39 Å². The Morgan fingerprint density at radius 2 is 2.15 bits per heavy atom. The average Bonchev–Trinajstić information content (AvgIpc) is 3.17. The minimum atomic E-state index is -0.246. The number of hydrogen-bond donors (Lipinski definition) is 1. The summed E-state index contributed by atoms with van der Waals surface area (Å²) in [7, 11) is 0. The van der Waals surface area contributed by atoms with Crippen molar-refractivity contribution >= 4 is 0 Å². The van der Waals surface area contributed by atoms with Crippen molar-refractivity contribution in [3.05, 3.63) is 71.2 Å². The number of nitrogens with zero attached hydrogens (tertiary/aromatic N) is 2. The van der Waals surface area contributed by atoms with Gasteiger partial charge in [-0.25, -0.2) is 9.07 Å². The van der Waals surface area contributed by atoms with Gasteiger partial charge in [-0.2, -0.15) is 5.10 Å². The predicted octanol–water partition coefficient (Wildman–Crippen LogP) is 4.72. The number of rotatable bonds is 4. The first-order valence-electron chi connectivity index (χ1n) is 9.03. The second-order valence-electron chi connectivity index (χ2n) is 7.93. The number of aromatic nitrogens is 2. The van der Waals surface area contributed by atoms with E-state index in [0.29, 0.717) is 6.54 Å². The van der Waals surface area contributed by atoms with Crippen LogP contribution in [0.15, 0.2) is 47.0 Å². The summed E-state index contributed by atoms with van der Waals surface area (Å²) in [5.41, 5.74) is 3.25. The molecule has 1 aliphatic carbocycles. The van der Waals surface area contributed by atoms with E-state index in [0.717, 1.165) is 35.7 Å². The lowest BCUT2D eigenvalue weighted by Crippen LogP contribution is -2.33. The number of furan rings is 1. The second kappa shape index (κ2) is 6.40. The quantitative estimate of drug-likeness (QED) is 0.738. The van der Waals surface area contributed by atoms with E-state index in [1.165, 1.54) is 17.7 Å². The third-order valence-electron chi connectivity index (χ3n) is 5.05. The molecule has 3 aromatic rings. The third kappa shape index (κ3) is 3.31. The molecule has 1 atom stereocenters. The highest BCUT2D eigenvalue weighted by Crippen LogP contribution is 2.41. The van der Waals surface area contributed by atoms with Crippen molar-refractivity contribution in [3.8, 4) is 5.69 Å². The third-order valence-corrected chi connectivity index (χ3v) is 5.05. The fourth-order valence-electron chi connectivity index (χ4n) is 3.86. The van der Waals surface area contributed by atoms with Gasteiger partial charge in [0.05, 0.1) is 18.4 Å². The number of aryl methyl sites for hydroxylation is 1. The van der Waals surface area contributed by atoms with Crippen LogP contribution in [-0.4, -0.2) is 9.78 Å². The van der Waals surface area contributed by atoms with E-state index in [4.69, 9.17) is 4.42 Å². The molecule has 0 unspecified atom stereocenters. The van der Waals surface area contributed by atoms with Crippen molar-refractivity contribution in [3.63, 3.8) is 0 Å². The Labute approximate surface area is 153 Å². The van der Waals surface area contributed by atoms with Crippen LogP contribution in [0.5, 0.6) is 0 Å². The van der Waals surface area contributed by atoms with Crippen LogP contribution in [0.3, 0.4) is 0 Å². The molecule has 4 rings (SSSR count). The van der Waals surface area contributed by atoms with Crippen molar-refractivity contribution in [1.82, 2.24) is 15.1 Å². The van der Waals surface area contributed by atoms with Crippen LogP contribution in [-0.2, 0) is 13.0 Å². The Hall–Kier alpha value is -2.40. The number of halogens is 1. The first kappa shape index (κ1) is 17.0. The molecule has 0 saturated carbocycles. The molecule has 0 spiro atoms. The molecule has 4 nitrogen and oxygen atoms in total. The molecule has 1 aliphatic rings. The standard InChI is InChI=1S/C21H24FN3O/c1-14-7-8-17(26-14)12-23-19-10-21(2,3)11-20-18(19)13-24-25(20)16-6-4-5-15(22)9-16/h4-9,13,19,23H,10-12H2,1-3H3/t19-/m0/s1. The van der Waals surface area contributed by atoms with E-state index in [1.807, 2.05) is 36.0 Å². The second-order valence-corrected chi connectivity index (χ2v) is 7.93. The maximum atomic E-state index is 13.7. The van der Waals surface area contributed by atoms with E-state index in [2.05, 4.69) is 24.3 Å². The molecular weight excluding hydrogens is 329 g/mol. The number of fused-ring (bicyclic) bond motifs is 1. The van der Waals surface area contributed by atoms with Crippen LogP contribution in [0, 0.1) is 18.2 Å². The monoisotopic (exact) mass is 353 g/mol. The van der Waals surface area contributed by atoms with Gasteiger partial charge in [0.1, 0.15) is 17.3 Å². The Balaban J connectivity index is 1.65.